The molecule has 0 amide bonds. The van der Waals surface area contributed by atoms with Gasteiger partial charge >= 0.3 is 12.4 Å². The maximum atomic E-state index is 11.8. The standard InChI is InChI=1S/C6H6O2.2C4H7F3O3S/c7-5-1-2-6(8)4-3-5;2*1-3(2,4(5,6)7)11(8,9)10/h1-4,7-8H;2*1-2H3,(H,8,9,10). The molecule has 4 N–H and O–H groups in total. The number of rotatable bonds is 2. The van der Waals surface area contributed by atoms with Crippen molar-refractivity contribution in [2.24, 2.45) is 0 Å². The van der Waals surface area contributed by atoms with Crippen LogP contribution in [-0.4, -0.2) is 58.0 Å². The summed E-state index contributed by atoms with van der Waals surface area (Å²) in [5.41, 5.74) is 0. The molecule has 0 radical (unpaired) electrons. The summed E-state index contributed by atoms with van der Waals surface area (Å²) < 4.78 is 121. The van der Waals surface area contributed by atoms with Crippen LogP contribution in [0.4, 0.5) is 26.3 Å². The number of phenols is 2. The van der Waals surface area contributed by atoms with Crippen molar-refractivity contribution in [3.63, 3.8) is 0 Å². The second-order valence-corrected chi connectivity index (χ2v) is 10.4. The minimum atomic E-state index is -5.09. The minimum absolute atomic E-state index is 0.169. The Balaban J connectivity index is 0. The molecule has 1 aromatic carbocycles. The molecule has 178 valence electrons. The summed E-state index contributed by atoms with van der Waals surface area (Å²) in [7, 11) is -10.2. The summed E-state index contributed by atoms with van der Waals surface area (Å²) in [6, 6.07) is 5.70. The van der Waals surface area contributed by atoms with Gasteiger partial charge in [-0.15, -0.1) is 0 Å². The van der Waals surface area contributed by atoms with E-state index in [4.69, 9.17) is 19.3 Å². The third-order valence-corrected chi connectivity index (χ3v) is 6.55. The first-order valence-corrected chi connectivity index (χ1v) is 10.2. The maximum Gasteiger partial charge on any atom is 0.409 e. The van der Waals surface area contributed by atoms with Crippen LogP contribution in [0.2, 0.25) is 0 Å². The van der Waals surface area contributed by atoms with Crippen molar-refractivity contribution in [3.05, 3.63) is 24.3 Å². The van der Waals surface area contributed by atoms with Crippen LogP contribution < -0.4 is 0 Å². The van der Waals surface area contributed by atoms with E-state index in [1.165, 1.54) is 24.3 Å². The molecular weight excluding hydrogens is 474 g/mol. The highest BCUT2D eigenvalue weighted by atomic mass is 32.2. The number of halogens is 6. The third-order valence-electron chi connectivity index (χ3n) is 3.50. The van der Waals surface area contributed by atoms with E-state index in [9.17, 15) is 43.2 Å². The number of hydrogen-bond acceptors (Lipinski definition) is 6. The molecule has 16 heteroatoms. The Morgan fingerprint density at radius 1 is 0.600 bits per heavy atom. The molecule has 0 bridgehead atoms. The van der Waals surface area contributed by atoms with Crippen molar-refractivity contribution in [3.8, 4) is 11.5 Å². The summed E-state index contributed by atoms with van der Waals surface area (Å²) in [5.74, 6) is 0.339. The highest BCUT2D eigenvalue weighted by Gasteiger charge is 2.57. The Labute approximate surface area is 168 Å². The zero-order valence-corrected chi connectivity index (χ0v) is 17.4. The largest absolute Gasteiger partial charge is 0.508 e. The van der Waals surface area contributed by atoms with Gasteiger partial charge in [-0.3, -0.25) is 9.11 Å². The highest BCUT2D eigenvalue weighted by molar-refractivity contribution is 7.87. The van der Waals surface area contributed by atoms with Crippen molar-refractivity contribution in [1.82, 2.24) is 0 Å². The third kappa shape index (κ3) is 8.53. The van der Waals surface area contributed by atoms with Gasteiger partial charge in [0.05, 0.1) is 0 Å². The lowest BCUT2D eigenvalue weighted by atomic mass is 10.2. The van der Waals surface area contributed by atoms with E-state index in [-0.39, 0.29) is 11.5 Å². The van der Waals surface area contributed by atoms with Crippen molar-refractivity contribution in [1.29, 1.82) is 0 Å². The Kier molecular flexibility index (Phi) is 9.70. The molecule has 0 atom stereocenters. The Bertz CT molecular complexity index is 811. The molecule has 0 heterocycles. The van der Waals surface area contributed by atoms with Gasteiger partial charge in [0.25, 0.3) is 20.2 Å². The van der Waals surface area contributed by atoms with Gasteiger partial charge in [-0.2, -0.15) is 43.2 Å². The molecule has 8 nitrogen and oxygen atoms in total. The van der Waals surface area contributed by atoms with Crippen LogP contribution in [0, 0.1) is 0 Å². The van der Waals surface area contributed by atoms with E-state index in [2.05, 4.69) is 0 Å². The fraction of sp³-hybridized carbons (Fsp3) is 0.571. The Morgan fingerprint density at radius 3 is 0.833 bits per heavy atom. The van der Waals surface area contributed by atoms with Crippen molar-refractivity contribution in [2.75, 3.05) is 0 Å². The zero-order valence-electron chi connectivity index (χ0n) is 15.8. The summed E-state index contributed by atoms with van der Waals surface area (Å²) in [5, 5.41) is 17.3. The van der Waals surface area contributed by atoms with Gasteiger partial charge < -0.3 is 10.2 Å². The van der Waals surface area contributed by atoms with E-state index in [1.807, 2.05) is 0 Å². The Hall–Kier alpha value is -1.78. The van der Waals surface area contributed by atoms with Crippen LogP contribution in [0.1, 0.15) is 27.7 Å². The molecular formula is C14H20F6O8S2. The van der Waals surface area contributed by atoms with Gasteiger partial charge in [-0.05, 0) is 52.0 Å². The van der Waals surface area contributed by atoms with E-state index < -0.39 is 42.1 Å². The number of alkyl halides is 6. The van der Waals surface area contributed by atoms with Crippen molar-refractivity contribution < 1.29 is 62.5 Å². The first kappa shape index (κ1) is 30.4. The predicted octanol–water partition coefficient (Wildman–Crippen LogP) is 3.53. The van der Waals surface area contributed by atoms with Crippen LogP contribution in [0.25, 0.3) is 0 Å². The van der Waals surface area contributed by atoms with Gasteiger partial charge in [-0.1, -0.05) is 0 Å². The molecule has 0 spiro atoms. The lowest BCUT2D eigenvalue weighted by Crippen LogP contribution is -2.46. The number of aromatic hydroxyl groups is 2. The molecule has 0 aliphatic heterocycles. The minimum Gasteiger partial charge on any atom is -0.508 e. The molecule has 0 aliphatic rings. The van der Waals surface area contributed by atoms with Crippen LogP contribution in [0.3, 0.4) is 0 Å². The number of benzene rings is 1. The summed E-state index contributed by atoms with van der Waals surface area (Å²) >= 11 is 0. The fourth-order valence-corrected chi connectivity index (χ4v) is 1.33. The van der Waals surface area contributed by atoms with Crippen molar-refractivity contribution >= 4 is 20.2 Å². The highest BCUT2D eigenvalue weighted by Crippen LogP contribution is 2.36. The second kappa shape index (κ2) is 9.57. The number of hydrogen-bond donors (Lipinski definition) is 4. The van der Waals surface area contributed by atoms with Crippen LogP contribution >= 0.6 is 0 Å². The van der Waals surface area contributed by atoms with E-state index in [1.54, 1.807) is 0 Å². The lowest BCUT2D eigenvalue weighted by molar-refractivity contribution is -0.155. The topological polar surface area (TPSA) is 149 Å². The molecule has 1 aromatic rings. The van der Waals surface area contributed by atoms with Gasteiger partial charge in [0.2, 0.25) is 0 Å². The zero-order chi connectivity index (χ0) is 25.0. The van der Waals surface area contributed by atoms with E-state index >= 15 is 0 Å². The SMILES string of the molecule is CC(C)(C(F)(F)F)S(=O)(=O)O.CC(C)(C(F)(F)F)S(=O)(=O)O.Oc1ccc(O)cc1. The fourth-order valence-electron chi connectivity index (χ4n) is 0.745. The number of phenolic OH excluding ortho intramolecular Hbond substituents is 2. The molecule has 0 unspecified atom stereocenters. The summed E-state index contributed by atoms with van der Waals surface area (Å²) in [4.78, 5) is 0. The molecule has 30 heavy (non-hydrogen) atoms. The van der Waals surface area contributed by atoms with Crippen LogP contribution in [-0.2, 0) is 20.2 Å². The molecule has 0 saturated carbocycles. The first-order valence-electron chi connectivity index (χ1n) is 7.34. The average molecular weight is 494 g/mol. The first-order chi connectivity index (χ1) is 12.8. The smallest absolute Gasteiger partial charge is 0.409 e. The van der Waals surface area contributed by atoms with Crippen molar-refractivity contribution in [2.45, 2.75) is 49.5 Å². The van der Waals surface area contributed by atoms with Crippen LogP contribution in [0.5, 0.6) is 11.5 Å². The van der Waals surface area contributed by atoms with Gasteiger partial charge in [0.1, 0.15) is 11.5 Å². The van der Waals surface area contributed by atoms with Crippen LogP contribution in [0.15, 0.2) is 24.3 Å². The summed E-state index contributed by atoms with van der Waals surface area (Å²) in [6.07, 6.45) is -9.92. The average Bonchev–Trinajstić information content (AvgIpc) is 2.47. The molecule has 0 saturated heterocycles. The van der Waals surface area contributed by atoms with E-state index in [0.29, 0.717) is 27.7 Å². The predicted molar refractivity (Wildman–Crippen MR) is 93.1 cm³/mol. The van der Waals surface area contributed by atoms with Gasteiger partial charge in [-0.25, -0.2) is 0 Å². The van der Waals surface area contributed by atoms with Gasteiger partial charge in [0, 0.05) is 0 Å². The maximum absolute atomic E-state index is 11.8. The monoisotopic (exact) mass is 494 g/mol. The second-order valence-electron chi connectivity index (χ2n) is 6.48. The van der Waals surface area contributed by atoms with E-state index in [0.717, 1.165) is 0 Å². The molecule has 0 aromatic heterocycles. The molecule has 1 rings (SSSR count). The molecule has 0 aliphatic carbocycles. The summed E-state index contributed by atoms with van der Waals surface area (Å²) in [6.45, 7) is 1.56. The normalized spacial score (nSPS) is 13.5. The Morgan fingerprint density at radius 2 is 0.767 bits per heavy atom. The van der Waals surface area contributed by atoms with Gasteiger partial charge in [0.15, 0.2) is 9.49 Å². The quantitative estimate of drug-likeness (QED) is 0.277. The molecule has 0 fully saturated rings. The lowest BCUT2D eigenvalue weighted by Gasteiger charge is -2.23.